The average Bonchev–Trinajstić information content (AvgIpc) is 2.95. The van der Waals surface area contributed by atoms with Crippen LogP contribution in [0.25, 0.3) is 10.9 Å². The number of pyridine rings is 1. The van der Waals surface area contributed by atoms with Gasteiger partial charge in [0.05, 0.1) is 23.2 Å². The molecule has 0 saturated heterocycles. The molecule has 0 bridgehead atoms. The summed E-state index contributed by atoms with van der Waals surface area (Å²) in [5.41, 5.74) is 4.81. The average molecular weight is 264 g/mol. The predicted molar refractivity (Wildman–Crippen MR) is 78.1 cm³/mol. The van der Waals surface area contributed by atoms with Crippen molar-refractivity contribution in [3.8, 4) is 0 Å². The Kier molecular flexibility index (Phi) is 2.74. The highest BCUT2D eigenvalue weighted by Crippen LogP contribution is 2.19. The molecule has 1 aromatic carbocycles. The van der Waals surface area contributed by atoms with E-state index < -0.39 is 0 Å². The molecule has 4 heteroatoms. The highest BCUT2D eigenvalue weighted by atomic mass is 15.1. The van der Waals surface area contributed by atoms with Gasteiger partial charge in [0.15, 0.2) is 0 Å². The number of nitrogens with zero attached hydrogens (tertiary/aromatic N) is 3. The van der Waals surface area contributed by atoms with Crippen LogP contribution in [0, 0.1) is 0 Å². The molecule has 2 aromatic heterocycles. The zero-order valence-corrected chi connectivity index (χ0v) is 11.2. The lowest BCUT2D eigenvalue weighted by Crippen LogP contribution is -2.30. The Morgan fingerprint density at radius 2 is 2.15 bits per heavy atom. The fourth-order valence-electron chi connectivity index (χ4n) is 2.86. The monoisotopic (exact) mass is 264 g/mol. The van der Waals surface area contributed by atoms with Gasteiger partial charge in [-0.15, -0.1) is 0 Å². The predicted octanol–water partition coefficient (Wildman–Crippen LogP) is 2.52. The summed E-state index contributed by atoms with van der Waals surface area (Å²) in [6, 6.07) is 10.5. The molecule has 20 heavy (non-hydrogen) atoms. The summed E-state index contributed by atoms with van der Waals surface area (Å²) in [6.45, 7) is 2.95. The van der Waals surface area contributed by atoms with Crippen molar-refractivity contribution in [1.82, 2.24) is 19.9 Å². The topological polar surface area (TPSA) is 44.8 Å². The Morgan fingerprint density at radius 1 is 1.20 bits per heavy atom. The van der Waals surface area contributed by atoms with Crippen molar-refractivity contribution in [2.45, 2.75) is 19.5 Å². The zero-order valence-electron chi connectivity index (χ0n) is 11.2. The largest absolute Gasteiger partial charge is 0.347 e. The Labute approximate surface area is 117 Å². The summed E-state index contributed by atoms with van der Waals surface area (Å²) in [5, 5.41) is 1.21. The second-order valence-electron chi connectivity index (χ2n) is 5.32. The summed E-state index contributed by atoms with van der Waals surface area (Å²) in [4.78, 5) is 14.6. The van der Waals surface area contributed by atoms with Crippen molar-refractivity contribution in [3.63, 3.8) is 0 Å². The molecule has 0 spiro atoms. The van der Waals surface area contributed by atoms with Gasteiger partial charge in [-0.05, 0) is 17.7 Å². The van der Waals surface area contributed by atoms with Gasteiger partial charge in [-0.2, -0.15) is 0 Å². The van der Waals surface area contributed by atoms with Crippen molar-refractivity contribution in [1.29, 1.82) is 0 Å². The third kappa shape index (κ3) is 2.08. The van der Waals surface area contributed by atoms with Gasteiger partial charge >= 0.3 is 0 Å². The maximum atomic E-state index is 4.53. The minimum Gasteiger partial charge on any atom is -0.347 e. The van der Waals surface area contributed by atoms with Crippen molar-refractivity contribution in [2.75, 3.05) is 6.54 Å². The molecule has 0 radical (unpaired) electrons. The van der Waals surface area contributed by atoms with Crippen LogP contribution in [0.3, 0.4) is 0 Å². The van der Waals surface area contributed by atoms with E-state index in [1.165, 1.54) is 22.3 Å². The van der Waals surface area contributed by atoms with Gasteiger partial charge in [0, 0.05) is 37.6 Å². The number of imidazole rings is 1. The summed E-state index contributed by atoms with van der Waals surface area (Å²) < 4.78 is 0. The normalized spacial score (nSPS) is 15.4. The fourth-order valence-corrected chi connectivity index (χ4v) is 2.86. The van der Waals surface area contributed by atoms with Gasteiger partial charge in [0.2, 0.25) is 0 Å². The molecule has 3 aromatic rings. The molecule has 1 aliphatic rings. The van der Waals surface area contributed by atoms with Gasteiger partial charge in [0.1, 0.15) is 0 Å². The quantitative estimate of drug-likeness (QED) is 0.773. The lowest BCUT2D eigenvalue weighted by molar-refractivity contribution is 0.241. The van der Waals surface area contributed by atoms with Gasteiger partial charge in [0.25, 0.3) is 0 Å². The fraction of sp³-hybridized carbons (Fsp3) is 0.250. The molecule has 3 heterocycles. The third-order valence-electron chi connectivity index (χ3n) is 3.91. The molecule has 0 amide bonds. The first-order valence-electron chi connectivity index (χ1n) is 6.96. The van der Waals surface area contributed by atoms with E-state index in [-0.39, 0.29) is 0 Å². The molecule has 0 fully saturated rings. The van der Waals surface area contributed by atoms with Crippen LogP contribution in [0.15, 0.2) is 42.9 Å². The van der Waals surface area contributed by atoms with Crippen molar-refractivity contribution < 1.29 is 0 Å². The highest BCUT2D eigenvalue weighted by Gasteiger charge is 2.18. The first-order chi connectivity index (χ1) is 9.88. The number of rotatable bonds is 2. The highest BCUT2D eigenvalue weighted by molar-refractivity contribution is 5.78. The summed E-state index contributed by atoms with van der Waals surface area (Å²) in [5.74, 6) is 0. The number of aromatic nitrogens is 3. The Hall–Kier alpha value is -2.20. The number of fused-ring (bicyclic) bond motifs is 2. The number of para-hydroxylation sites is 1. The first kappa shape index (κ1) is 11.6. The Morgan fingerprint density at radius 3 is 3.15 bits per heavy atom. The van der Waals surface area contributed by atoms with E-state index >= 15 is 0 Å². The van der Waals surface area contributed by atoms with E-state index in [4.69, 9.17) is 0 Å². The molecule has 1 N–H and O–H groups in total. The Bertz CT molecular complexity index is 747. The molecular formula is C16H16N4. The summed E-state index contributed by atoms with van der Waals surface area (Å²) >= 11 is 0. The molecular weight excluding hydrogens is 248 g/mol. The number of nitrogens with one attached hydrogen (secondary N) is 1. The summed E-state index contributed by atoms with van der Waals surface area (Å²) in [7, 11) is 0. The number of hydrogen-bond acceptors (Lipinski definition) is 3. The van der Waals surface area contributed by atoms with Crippen LogP contribution in [-0.4, -0.2) is 26.4 Å². The third-order valence-corrected chi connectivity index (χ3v) is 3.91. The van der Waals surface area contributed by atoms with E-state index in [0.717, 1.165) is 31.6 Å². The van der Waals surface area contributed by atoms with Crippen LogP contribution in [0.1, 0.15) is 17.0 Å². The van der Waals surface area contributed by atoms with Gasteiger partial charge in [-0.3, -0.25) is 9.88 Å². The lowest BCUT2D eigenvalue weighted by Gasteiger charge is -2.25. The number of hydrogen-bond donors (Lipinski definition) is 1. The number of H-pyrrole nitrogens is 1. The van der Waals surface area contributed by atoms with Crippen LogP contribution in [0.2, 0.25) is 0 Å². The van der Waals surface area contributed by atoms with Gasteiger partial charge in [-0.25, -0.2) is 4.98 Å². The molecule has 4 nitrogen and oxygen atoms in total. The molecule has 0 unspecified atom stereocenters. The van der Waals surface area contributed by atoms with Gasteiger partial charge in [-0.1, -0.05) is 18.2 Å². The number of benzene rings is 1. The van der Waals surface area contributed by atoms with E-state index in [2.05, 4.69) is 44.1 Å². The van der Waals surface area contributed by atoms with E-state index in [1.807, 2.05) is 12.3 Å². The van der Waals surface area contributed by atoms with Crippen molar-refractivity contribution in [2.24, 2.45) is 0 Å². The van der Waals surface area contributed by atoms with Crippen LogP contribution in [0.5, 0.6) is 0 Å². The Balaban J connectivity index is 1.56. The van der Waals surface area contributed by atoms with Crippen LogP contribution in [-0.2, 0) is 19.5 Å². The zero-order chi connectivity index (χ0) is 13.4. The standard InChI is InChI=1S/C16H16N4/c1-2-4-14-13(3-1)7-12(8-17-14)9-20-6-5-15-16(10-20)19-11-18-15/h1-4,7-8,11H,5-6,9-10H2,(H,18,19). The molecule has 100 valence electrons. The van der Waals surface area contributed by atoms with Crippen LogP contribution < -0.4 is 0 Å². The van der Waals surface area contributed by atoms with E-state index in [1.54, 1.807) is 6.33 Å². The van der Waals surface area contributed by atoms with Crippen LogP contribution in [0.4, 0.5) is 0 Å². The minimum atomic E-state index is 0.941. The van der Waals surface area contributed by atoms with Gasteiger partial charge < -0.3 is 4.98 Å². The number of aromatic amines is 1. The maximum Gasteiger partial charge on any atom is 0.0925 e. The maximum absolute atomic E-state index is 4.53. The lowest BCUT2D eigenvalue weighted by atomic mass is 10.1. The molecule has 4 rings (SSSR count). The van der Waals surface area contributed by atoms with Crippen molar-refractivity contribution in [3.05, 3.63) is 59.8 Å². The van der Waals surface area contributed by atoms with E-state index in [9.17, 15) is 0 Å². The summed E-state index contributed by atoms with van der Waals surface area (Å²) in [6.07, 6.45) is 4.82. The molecule has 0 saturated carbocycles. The molecule has 1 aliphatic heterocycles. The molecule has 0 atom stereocenters. The van der Waals surface area contributed by atoms with Crippen molar-refractivity contribution >= 4 is 10.9 Å². The smallest absolute Gasteiger partial charge is 0.0925 e. The SMILES string of the molecule is c1ccc2ncc(CN3CCc4nc[nH]c4C3)cc2c1. The second-order valence-corrected chi connectivity index (χ2v) is 5.32. The molecule has 0 aliphatic carbocycles. The van der Waals surface area contributed by atoms with Crippen LogP contribution >= 0.6 is 0 Å². The van der Waals surface area contributed by atoms with E-state index in [0.29, 0.717) is 0 Å². The second kappa shape index (κ2) is 4.72. The minimum absolute atomic E-state index is 0.941. The first-order valence-corrected chi connectivity index (χ1v) is 6.96.